The number of rotatable bonds is 4. The minimum Gasteiger partial charge on any atom is -0.449 e. The first-order valence-corrected chi connectivity index (χ1v) is 11.2. The van der Waals surface area contributed by atoms with E-state index >= 15 is 0 Å². The second kappa shape index (κ2) is 6.42. The Morgan fingerprint density at radius 3 is 2.50 bits per heavy atom. The predicted octanol–water partition coefficient (Wildman–Crippen LogP) is 3.83. The molecule has 0 spiro atoms. The van der Waals surface area contributed by atoms with E-state index in [-0.39, 0.29) is 10.7 Å². The Balaban J connectivity index is 1.79. The van der Waals surface area contributed by atoms with Crippen LogP contribution in [-0.4, -0.2) is 31.2 Å². The first-order chi connectivity index (χ1) is 13.1. The minimum absolute atomic E-state index is 0.0981. The Kier molecular flexibility index (Phi) is 4.28. The van der Waals surface area contributed by atoms with Gasteiger partial charge in [0.05, 0.1) is 26.2 Å². The molecular weight excluding hydrogens is 398 g/mol. The van der Waals surface area contributed by atoms with Crippen molar-refractivity contribution < 1.29 is 22.7 Å². The molecule has 0 unspecified atom stereocenters. The van der Waals surface area contributed by atoms with Crippen LogP contribution < -0.4 is 4.74 Å². The number of nitrogens with zero attached hydrogens (tertiary/aromatic N) is 1. The fourth-order valence-corrected chi connectivity index (χ4v) is 4.50. The highest BCUT2D eigenvalue weighted by atomic mass is 32.2. The number of cyclic esters (lactones) is 1. The van der Waals surface area contributed by atoms with Gasteiger partial charge in [-0.05, 0) is 43.7 Å². The number of hydrogen-bond donors (Lipinski definition) is 0. The normalized spacial score (nSPS) is 16.5. The molecule has 0 bridgehead atoms. The zero-order valence-corrected chi connectivity index (χ0v) is 17.1. The summed E-state index contributed by atoms with van der Waals surface area (Å²) >= 11 is 1.48. The number of fused-ring (bicyclic) bond motifs is 1. The summed E-state index contributed by atoms with van der Waals surface area (Å²) < 4.78 is 35.8. The van der Waals surface area contributed by atoms with Crippen LogP contribution in [0.4, 0.5) is 0 Å². The van der Waals surface area contributed by atoms with Gasteiger partial charge in [-0.2, -0.15) is 0 Å². The van der Waals surface area contributed by atoms with Gasteiger partial charge in [-0.25, -0.2) is 18.2 Å². The van der Waals surface area contributed by atoms with Gasteiger partial charge in [0.1, 0.15) is 11.4 Å². The topological polar surface area (TPSA) is 82.6 Å². The van der Waals surface area contributed by atoms with Gasteiger partial charge in [0, 0.05) is 12.3 Å². The van der Waals surface area contributed by atoms with Crippen LogP contribution in [0.15, 0.2) is 58.6 Å². The van der Waals surface area contributed by atoms with Crippen molar-refractivity contribution in [2.45, 2.75) is 24.3 Å². The summed E-state index contributed by atoms with van der Waals surface area (Å²) in [5, 5.41) is 0. The van der Waals surface area contributed by atoms with Gasteiger partial charge < -0.3 is 9.47 Å². The molecule has 0 amide bonds. The van der Waals surface area contributed by atoms with Gasteiger partial charge >= 0.3 is 5.97 Å². The molecular formula is C20H17NO5S2. The van der Waals surface area contributed by atoms with Crippen molar-refractivity contribution in [2.75, 3.05) is 6.26 Å². The Morgan fingerprint density at radius 2 is 1.82 bits per heavy atom. The third-order valence-electron chi connectivity index (χ3n) is 4.46. The predicted molar refractivity (Wildman–Crippen MR) is 107 cm³/mol. The lowest BCUT2D eigenvalue weighted by Gasteiger charge is -2.21. The molecule has 6 nitrogen and oxygen atoms in total. The maximum absolute atomic E-state index is 12.5. The maximum Gasteiger partial charge on any atom is 0.375 e. The fraction of sp³-hybridized carbons (Fsp3) is 0.200. The molecule has 3 aromatic rings. The summed E-state index contributed by atoms with van der Waals surface area (Å²) in [5.74, 6) is 0.0456. The Hall–Kier alpha value is -2.71. The van der Waals surface area contributed by atoms with Crippen LogP contribution >= 0.6 is 11.3 Å². The average molecular weight is 415 g/mol. The number of ether oxygens (including phenoxy) is 2. The Bertz CT molecular complexity index is 1220. The summed E-state index contributed by atoms with van der Waals surface area (Å²) in [6.07, 6.45) is 1.15. The number of sulfone groups is 1. The Labute approximate surface area is 166 Å². The van der Waals surface area contributed by atoms with Crippen LogP contribution in [0.2, 0.25) is 0 Å². The first kappa shape index (κ1) is 18.6. The molecule has 144 valence electrons. The summed E-state index contributed by atoms with van der Waals surface area (Å²) in [5.41, 5.74) is 2.93. The molecule has 2 aromatic carbocycles. The molecule has 0 saturated heterocycles. The molecule has 2 heterocycles. The molecule has 1 aliphatic rings. The zero-order chi connectivity index (χ0) is 20.1. The molecule has 1 aromatic heterocycles. The smallest absolute Gasteiger partial charge is 0.375 e. The highest BCUT2D eigenvalue weighted by Gasteiger charge is 2.43. The van der Waals surface area contributed by atoms with E-state index in [1.54, 1.807) is 37.6 Å². The summed E-state index contributed by atoms with van der Waals surface area (Å²) in [6.45, 7) is 3.54. The summed E-state index contributed by atoms with van der Waals surface area (Å²) in [4.78, 5) is 16.9. The monoisotopic (exact) mass is 415 g/mol. The van der Waals surface area contributed by atoms with Crippen LogP contribution in [0.25, 0.3) is 15.8 Å². The van der Waals surface area contributed by atoms with Gasteiger partial charge in [-0.15, -0.1) is 11.3 Å². The molecule has 0 saturated carbocycles. The van der Waals surface area contributed by atoms with Gasteiger partial charge in [-0.1, -0.05) is 12.1 Å². The summed E-state index contributed by atoms with van der Waals surface area (Å²) in [7, 11) is -3.31. The highest BCUT2D eigenvalue weighted by molar-refractivity contribution is 7.90. The van der Waals surface area contributed by atoms with E-state index in [4.69, 9.17) is 9.47 Å². The minimum atomic E-state index is -3.31. The van der Waals surface area contributed by atoms with Crippen molar-refractivity contribution in [1.29, 1.82) is 0 Å². The van der Waals surface area contributed by atoms with Crippen molar-refractivity contribution in [3.8, 4) is 5.75 Å². The molecule has 1 aliphatic heterocycles. The van der Waals surface area contributed by atoms with Gasteiger partial charge in [0.15, 0.2) is 9.84 Å². The first-order valence-electron chi connectivity index (χ1n) is 8.45. The van der Waals surface area contributed by atoms with Crippen LogP contribution in [0.1, 0.15) is 19.4 Å². The van der Waals surface area contributed by atoms with Crippen molar-refractivity contribution >= 4 is 42.9 Å². The third-order valence-corrected chi connectivity index (χ3v) is 6.38. The number of benzene rings is 2. The number of carbonyl (C=O) groups is 1. The molecule has 0 aliphatic carbocycles. The molecule has 8 heteroatoms. The summed E-state index contributed by atoms with van der Waals surface area (Å²) in [6, 6.07) is 11.7. The van der Waals surface area contributed by atoms with E-state index in [2.05, 4.69) is 4.98 Å². The van der Waals surface area contributed by atoms with Gasteiger partial charge in [0.2, 0.25) is 5.76 Å². The van der Waals surface area contributed by atoms with E-state index in [0.29, 0.717) is 16.9 Å². The highest BCUT2D eigenvalue weighted by Crippen LogP contribution is 2.41. The number of hydrogen-bond acceptors (Lipinski definition) is 7. The molecule has 0 fully saturated rings. The van der Waals surface area contributed by atoms with Crippen molar-refractivity contribution in [3.63, 3.8) is 0 Å². The number of thiazole rings is 1. The second-order valence-electron chi connectivity index (χ2n) is 6.98. The van der Waals surface area contributed by atoms with Crippen LogP contribution in [0.3, 0.4) is 0 Å². The van der Waals surface area contributed by atoms with Crippen molar-refractivity contribution in [1.82, 2.24) is 4.98 Å². The lowest BCUT2D eigenvalue weighted by atomic mass is 9.92. The van der Waals surface area contributed by atoms with E-state index < -0.39 is 21.4 Å². The van der Waals surface area contributed by atoms with E-state index in [9.17, 15) is 13.2 Å². The molecule has 0 radical (unpaired) electrons. The van der Waals surface area contributed by atoms with Crippen LogP contribution in [0, 0.1) is 0 Å². The molecule has 4 rings (SSSR count). The zero-order valence-electron chi connectivity index (χ0n) is 15.4. The Morgan fingerprint density at radius 1 is 1.11 bits per heavy atom. The van der Waals surface area contributed by atoms with Crippen molar-refractivity contribution in [3.05, 3.63) is 59.3 Å². The van der Waals surface area contributed by atoms with Crippen LogP contribution in [0.5, 0.6) is 5.75 Å². The largest absolute Gasteiger partial charge is 0.449 e. The number of esters is 1. The second-order valence-corrected chi connectivity index (χ2v) is 9.89. The SMILES string of the molecule is CC1(C)OC(=O)C(Oc2ccc3ncsc3c2)=C1c1ccc(S(C)(=O)=O)cc1. The standard InChI is InChI=1S/C20H17NO5S2/c1-20(2)17(12-4-7-14(8-5-12)28(3,23)24)18(19(22)26-20)25-13-6-9-15-16(10-13)27-11-21-15/h4-11H,1-3H3. The van der Waals surface area contributed by atoms with E-state index in [0.717, 1.165) is 16.5 Å². The van der Waals surface area contributed by atoms with E-state index in [1.165, 1.54) is 23.5 Å². The molecule has 0 N–H and O–H groups in total. The van der Waals surface area contributed by atoms with Crippen molar-refractivity contribution in [2.24, 2.45) is 0 Å². The van der Waals surface area contributed by atoms with Crippen LogP contribution in [-0.2, 0) is 19.4 Å². The lowest BCUT2D eigenvalue weighted by molar-refractivity contribution is -0.145. The molecule has 0 atom stereocenters. The lowest BCUT2D eigenvalue weighted by Crippen LogP contribution is -2.22. The molecule has 28 heavy (non-hydrogen) atoms. The maximum atomic E-state index is 12.5. The third kappa shape index (κ3) is 3.29. The number of aromatic nitrogens is 1. The number of carbonyl (C=O) groups excluding carboxylic acids is 1. The average Bonchev–Trinajstić information content (AvgIpc) is 3.16. The quantitative estimate of drug-likeness (QED) is 0.603. The van der Waals surface area contributed by atoms with Gasteiger partial charge in [-0.3, -0.25) is 0 Å². The van der Waals surface area contributed by atoms with E-state index in [1.807, 2.05) is 12.1 Å². The fourth-order valence-electron chi connectivity index (χ4n) is 3.16. The van der Waals surface area contributed by atoms with Gasteiger partial charge in [0.25, 0.3) is 0 Å².